The van der Waals surface area contributed by atoms with Crippen LogP contribution >= 0.6 is 11.6 Å². The van der Waals surface area contributed by atoms with Gasteiger partial charge in [-0.2, -0.15) is 0 Å². The predicted octanol–water partition coefficient (Wildman–Crippen LogP) is 3.29. The van der Waals surface area contributed by atoms with Crippen molar-refractivity contribution in [2.24, 2.45) is 7.05 Å². The minimum absolute atomic E-state index is 0.461. The van der Waals surface area contributed by atoms with Crippen molar-refractivity contribution in [3.63, 3.8) is 0 Å². The fraction of sp³-hybridized carbons (Fsp3) is 0.0769. The number of aromatic nitrogens is 3. The van der Waals surface area contributed by atoms with E-state index in [4.69, 9.17) is 11.6 Å². The van der Waals surface area contributed by atoms with Gasteiger partial charge in [0.25, 0.3) is 0 Å². The van der Waals surface area contributed by atoms with Crippen LogP contribution in [0.4, 0.5) is 0 Å². The fourth-order valence-corrected chi connectivity index (χ4v) is 2.17. The van der Waals surface area contributed by atoms with Crippen molar-refractivity contribution in [1.82, 2.24) is 14.5 Å². The van der Waals surface area contributed by atoms with E-state index in [1.807, 2.05) is 19.2 Å². The van der Waals surface area contributed by atoms with E-state index in [0.29, 0.717) is 5.15 Å². The summed E-state index contributed by atoms with van der Waals surface area (Å²) in [6.07, 6.45) is 3.54. The number of aryl methyl sites for hydroxylation is 1. The topological polar surface area (TPSA) is 30.7 Å². The van der Waals surface area contributed by atoms with E-state index < -0.39 is 0 Å². The molecule has 4 heteroatoms. The zero-order chi connectivity index (χ0) is 11.8. The highest BCUT2D eigenvalue weighted by molar-refractivity contribution is 6.29. The minimum atomic E-state index is 0.461. The number of hydrogen-bond donors (Lipinski definition) is 0. The molecule has 0 aliphatic carbocycles. The second kappa shape index (κ2) is 3.86. The number of hydrogen-bond acceptors (Lipinski definition) is 2. The van der Waals surface area contributed by atoms with Crippen molar-refractivity contribution in [2.75, 3.05) is 0 Å². The number of rotatable bonds is 1. The molecule has 0 unspecified atom stereocenters. The Balaban J connectivity index is 2.31. The lowest BCUT2D eigenvalue weighted by Crippen LogP contribution is -1.84. The summed E-state index contributed by atoms with van der Waals surface area (Å²) < 4.78 is 2.08. The summed E-state index contributed by atoms with van der Waals surface area (Å²) in [6, 6.07) is 10.00. The van der Waals surface area contributed by atoms with Crippen LogP contribution in [0.5, 0.6) is 0 Å². The molecule has 0 aliphatic heterocycles. The summed E-state index contributed by atoms with van der Waals surface area (Å²) in [7, 11) is 2.02. The van der Waals surface area contributed by atoms with Gasteiger partial charge in [-0.25, -0.2) is 9.97 Å². The third-order valence-electron chi connectivity index (χ3n) is 2.81. The number of halogens is 1. The Morgan fingerprint density at radius 1 is 1.18 bits per heavy atom. The summed E-state index contributed by atoms with van der Waals surface area (Å²) in [5.41, 5.74) is 3.10. The molecule has 84 valence electrons. The van der Waals surface area contributed by atoms with Crippen LogP contribution in [0.15, 0.2) is 42.9 Å². The first kappa shape index (κ1) is 10.3. The molecular formula is C13H10ClN3. The molecule has 0 spiro atoms. The van der Waals surface area contributed by atoms with Gasteiger partial charge in [0.1, 0.15) is 11.5 Å². The van der Waals surface area contributed by atoms with Gasteiger partial charge in [0.2, 0.25) is 0 Å². The Morgan fingerprint density at radius 2 is 2.00 bits per heavy atom. The number of nitrogens with zero attached hydrogens (tertiary/aromatic N) is 3. The first-order chi connectivity index (χ1) is 8.25. The van der Waals surface area contributed by atoms with Crippen molar-refractivity contribution < 1.29 is 0 Å². The van der Waals surface area contributed by atoms with Crippen LogP contribution in [0, 0.1) is 0 Å². The summed E-state index contributed by atoms with van der Waals surface area (Å²) in [5.74, 6) is 0. The lowest BCUT2D eigenvalue weighted by Gasteiger charge is -1.98. The zero-order valence-electron chi connectivity index (χ0n) is 9.26. The SMILES string of the molecule is Cn1cc(-c2cc(Cl)ncn2)c2ccccc21. The molecule has 0 amide bonds. The Hall–Kier alpha value is -1.87. The van der Waals surface area contributed by atoms with Gasteiger partial charge < -0.3 is 4.57 Å². The van der Waals surface area contributed by atoms with Gasteiger partial charge in [0, 0.05) is 35.8 Å². The second-order valence-corrected chi connectivity index (χ2v) is 4.28. The quantitative estimate of drug-likeness (QED) is 0.614. The van der Waals surface area contributed by atoms with Crippen LogP contribution in [0.2, 0.25) is 5.15 Å². The smallest absolute Gasteiger partial charge is 0.133 e. The molecule has 0 fully saturated rings. The maximum Gasteiger partial charge on any atom is 0.133 e. The summed E-state index contributed by atoms with van der Waals surface area (Å²) in [4.78, 5) is 8.16. The Labute approximate surface area is 104 Å². The molecule has 3 rings (SSSR count). The van der Waals surface area contributed by atoms with Crippen molar-refractivity contribution >= 4 is 22.5 Å². The molecule has 0 N–H and O–H groups in total. The average molecular weight is 244 g/mol. The van der Waals surface area contributed by atoms with Gasteiger partial charge in [-0.05, 0) is 6.07 Å². The van der Waals surface area contributed by atoms with E-state index in [-0.39, 0.29) is 0 Å². The number of benzene rings is 1. The van der Waals surface area contributed by atoms with Gasteiger partial charge >= 0.3 is 0 Å². The number of para-hydroxylation sites is 1. The third kappa shape index (κ3) is 1.68. The van der Waals surface area contributed by atoms with Crippen LogP contribution in [0.25, 0.3) is 22.2 Å². The third-order valence-corrected chi connectivity index (χ3v) is 3.01. The van der Waals surface area contributed by atoms with Crippen molar-refractivity contribution in [2.45, 2.75) is 0 Å². The van der Waals surface area contributed by atoms with E-state index in [0.717, 1.165) is 11.3 Å². The standard InChI is InChI=1S/C13H10ClN3/c1-17-7-10(9-4-2-3-5-12(9)17)11-6-13(14)16-8-15-11/h2-8H,1H3. The monoisotopic (exact) mass is 243 g/mol. The highest BCUT2D eigenvalue weighted by atomic mass is 35.5. The van der Waals surface area contributed by atoms with E-state index in [1.165, 1.54) is 17.2 Å². The van der Waals surface area contributed by atoms with Crippen LogP contribution < -0.4 is 0 Å². The number of fused-ring (bicyclic) bond motifs is 1. The van der Waals surface area contributed by atoms with Gasteiger partial charge in [-0.15, -0.1) is 0 Å². The highest BCUT2D eigenvalue weighted by Gasteiger charge is 2.09. The Bertz CT molecular complexity index is 688. The lowest BCUT2D eigenvalue weighted by atomic mass is 10.1. The second-order valence-electron chi connectivity index (χ2n) is 3.90. The van der Waals surface area contributed by atoms with E-state index in [2.05, 4.69) is 32.9 Å². The maximum atomic E-state index is 5.89. The van der Waals surface area contributed by atoms with Gasteiger partial charge in [0.15, 0.2) is 0 Å². The van der Waals surface area contributed by atoms with Gasteiger partial charge in [-0.1, -0.05) is 29.8 Å². The fourth-order valence-electron chi connectivity index (χ4n) is 2.03. The molecular weight excluding hydrogens is 234 g/mol. The molecule has 0 aliphatic rings. The van der Waals surface area contributed by atoms with Crippen LogP contribution in [-0.2, 0) is 7.05 Å². The molecule has 3 nitrogen and oxygen atoms in total. The largest absolute Gasteiger partial charge is 0.350 e. The van der Waals surface area contributed by atoms with Crippen LogP contribution in [0.1, 0.15) is 0 Å². The van der Waals surface area contributed by atoms with Crippen LogP contribution in [-0.4, -0.2) is 14.5 Å². The van der Waals surface area contributed by atoms with E-state index >= 15 is 0 Å². The molecule has 0 radical (unpaired) electrons. The zero-order valence-corrected chi connectivity index (χ0v) is 10.0. The molecule has 2 heterocycles. The molecule has 0 bridgehead atoms. The molecule has 0 saturated carbocycles. The van der Waals surface area contributed by atoms with Crippen molar-refractivity contribution in [3.05, 3.63) is 48.0 Å². The van der Waals surface area contributed by atoms with Crippen molar-refractivity contribution in [3.8, 4) is 11.3 Å². The van der Waals surface area contributed by atoms with Crippen molar-refractivity contribution in [1.29, 1.82) is 0 Å². The van der Waals surface area contributed by atoms with Gasteiger partial charge in [-0.3, -0.25) is 0 Å². The van der Waals surface area contributed by atoms with E-state index in [1.54, 1.807) is 6.07 Å². The summed E-state index contributed by atoms with van der Waals surface area (Å²) >= 11 is 5.89. The van der Waals surface area contributed by atoms with E-state index in [9.17, 15) is 0 Å². The van der Waals surface area contributed by atoms with Gasteiger partial charge in [0.05, 0.1) is 5.69 Å². The molecule has 0 atom stereocenters. The molecule has 1 aromatic carbocycles. The minimum Gasteiger partial charge on any atom is -0.350 e. The molecule has 2 aromatic heterocycles. The molecule has 0 saturated heterocycles. The Morgan fingerprint density at radius 3 is 2.82 bits per heavy atom. The molecule has 17 heavy (non-hydrogen) atoms. The summed E-state index contributed by atoms with van der Waals surface area (Å²) in [5, 5.41) is 1.63. The summed E-state index contributed by atoms with van der Waals surface area (Å²) in [6.45, 7) is 0. The first-order valence-corrected chi connectivity index (χ1v) is 5.65. The first-order valence-electron chi connectivity index (χ1n) is 5.27. The maximum absolute atomic E-state index is 5.89. The normalized spacial score (nSPS) is 10.9. The Kier molecular flexibility index (Phi) is 2.34. The highest BCUT2D eigenvalue weighted by Crippen LogP contribution is 2.29. The van der Waals surface area contributed by atoms with Crippen LogP contribution in [0.3, 0.4) is 0 Å². The lowest BCUT2D eigenvalue weighted by molar-refractivity contribution is 0.969. The molecule has 3 aromatic rings. The predicted molar refractivity (Wildman–Crippen MR) is 69.0 cm³/mol. The average Bonchev–Trinajstić information content (AvgIpc) is 2.68.